The van der Waals surface area contributed by atoms with Crippen LogP contribution >= 0.6 is 0 Å². The van der Waals surface area contributed by atoms with Crippen molar-refractivity contribution in [3.05, 3.63) is 54.1 Å². The second-order valence-corrected chi connectivity index (χ2v) is 7.01. The Hall–Kier alpha value is -3.02. The van der Waals surface area contributed by atoms with Crippen LogP contribution in [0.25, 0.3) is 0 Å². The van der Waals surface area contributed by atoms with E-state index in [4.69, 9.17) is 14.2 Å². The van der Waals surface area contributed by atoms with Gasteiger partial charge in [0.1, 0.15) is 5.56 Å². The molecular formula is C23H27NO5. The van der Waals surface area contributed by atoms with Gasteiger partial charge in [-0.15, -0.1) is 0 Å². The standard InChI is InChI=1S/C23H27NO5/c1-27-20-15-9-14-19(22(20)28-2)23(26)29-16-21(25)24(17-10-5-3-6-11-17)18-12-7-4-8-13-18/h3,5-6,9-11,14-15,18H,4,7-8,12-13,16H2,1-2H3. The van der Waals surface area contributed by atoms with E-state index < -0.39 is 5.97 Å². The molecule has 0 spiro atoms. The summed E-state index contributed by atoms with van der Waals surface area (Å²) in [6.45, 7) is -0.329. The molecule has 6 nitrogen and oxygen atoms in total. The predicted molar refractivity (Wildman–Crippen MR) is 111 cm³/mol. The molecule has 29 heavy (non-hydrogen) atoms. The van der Waals surface area contributed by atoms with Crippen LogP contribution in [0, 0.1) is 0 Å². The zero-order chi connectivity index (χ0) is 20.6. The highest BCUT2D eigenvalue weighted by molar-refractivity contribution is 5.98. The molecule has 0 saturated heterocycles. The first-order valence-corrected chi connectivity index (χ1v) is 9.91. The summed E-state index contributed by atoms with van der Waals surface area (Å²) in [4.78, 5) is 27.4. The number of esters is 1. The first-order valence-electron chi connectivity index (χ1n) is 9.91. The van der Waals surface area contributed by atoms with Gasteiger partial charge in [-0.3, -0.25) is 4.79 Å². The molecule has 1 fully saturated rings. The minimum absolute atomic E-state index is 0.128. The Morgan fingerprint density at radius 3 is 2.31 bits per heavy atom. The van der Waals surface area contributed by atoms with Gasteiger partial charge in [-0.25, -0.2) is 4.79 Å². The zero-order valence-electron chi connectivity index (χ0n) is 16.9. The largest absolute Gasteiger partial charge is 0.493 e. The third kappa shape index (κ3) is 4.88. The first-order chi connectivity index (χ1) is 14.2. The van der Waals surface area contributed by atoms with Gasteiger partial charge in [0.25, 0.3) is 5.91 Å². The van der Waals surface area contributed by atoms with Crippen molar-refractivity contribution in [3.8, 4) is 11.5 Å². The van der Waals surface area contributed by atoms with Crippen LogP contribution in [0.4, 0.5) is 5.69 Å². The fourth-order valence-electron chi connectivity index (χ4n) is 3.81. The lowest BCUT2D eigenvalue weighted by molar-refractivity contribution is -0.122. The monoisotopic (exact) mass is 397 g/mol. The third-order valence-corrected chi connectivity index (χ3v) is 5.19. The van der Waals surface area contributed by atoms with Crippen LogP contribution < -0.4 is 14.4 Å². The molecule has 2 aromatic carbocycles. The molecule has 0 atom stereocenters. The number of methoxy groups -OCH3 is 2. The van der Waals surface area contributed by atoms with Crippen LogP contribution in [-0.2, 0) is 9.53 Å². The maximum Gasteiger partial charge on any atom is 0.342 e. The van der Waals surface area contributed by atoms with E-state index in [0.29, 0.717) is 11.5 Å². The number of carbonyl (C=O) groups excluding carboxylic acids is 2. The Kier molecular flexibility index (Phi) is 7.11. The topological polar surface area (TPSA) is 65.1 Å². The number of rotatable bonds is 7. The predicted octanol–water partition coefficient (Wildman–Crippen LogP) is 4.23. The van der Waals surface area contributed by atoms with Gasteiger partial charge in [-0.05, 0) is 37.1 Å². The lowest BCUT2D eigenvalue weighted by atomic mass is 9.93. The molecule has 6 heteroatoms. The van der Waals surface area contributed by atoms with Gasteiger partial charge in [0.15, 0.2) is 18.1 Å². The SMILES string of the molecule is COc1cccc(C(=O)OCC(=O)N(c2ccccc2)C2CCCCC2)c1OC. The summed E-state index contributed by atoms with van der Waals surface area (Å²) in [6.07, 6.45) is 5.30. The number of amides is 1. The molecule has 0 heterocycles. The van der Waals surface area contributed by atoms with E-state index >= 15 is 0 Å². The van der Waals surface area contributed by atoms with E-state index in [-0.39, 0.29) is 24.1 Å². The van der Waals surface area contributed by atoms with E-state index in [1.54, 1.807) is 23.1 Å². The summed E-state index contributed by atoms with van der Waals surface area (Å²) >= 11 is 0. The summed E-state index contributed by atoms with van der Waals surface area (Å²) in [5.41, 5.74) is 1.06. The van der Waals surface area contributed by atoms with Crippen molar-refractivity contribution in [1.29, 1.82) is 0 Å². The van der Waals surface area contributed by atoms with Crippen LogP contribution in [0.5, 0.6) is 11.5 Å². The maximum atomic E-state index is 13.0. The summed E-state index contributed by atoms with van der Waals surface area (Å²) in [6, 6.07) is 14.7. The van der Waals surface area contributed by atoms with Crippen molar-refractivity contribution in [1.82, 2.24) is 0 Å². The fourth-order valence-corrected chi connectivity index (χ4v) is 3.81. The minimum atomic E-state index is -0.620. The number of nitrogens with zero attached hydrogens (tertiary/aromatic N) is 1. The number of carbonyl (C=O) groups is 2. The molecule has 2 aromatic rings. The maximum absolute atomic E-state index is 13.0. The van der Waals surface area contributed by atoms with Crippen molar-refractivity contribution in [2.75, 3.05) is 25.7 Å². The van der Waals surface area contributed by atoms with E-state index in [2.05, 4.69) is 0 Å². The van der Waals surface area contributed by atoms with E-state index in [9.17, 15) is 9.59 Å². The normalized spacial score (nSPS) is 14.1. The highest BCUT2D eigenvalue weighted by Crippen LogP contribution is 2.31. The molecule has 0 radical (unpaired) electrons. The Balaban J connectivity index is 1.74. The number of ether oxygens (including phenoxy) is 3. The van der Waals surface area contributed by atoms with Crippen molar-refractivity contribution >= 4 is 17.6 Å². The molecule has 1 aliphatic carbocycles. The zero-order valence-corrected chi connectivity index (χ0v) is 16.9. The Bertz CT molecular complexity index is 830. The van der Waals surface area contributed by atoms with E-state index in [1.807, 2.05) is 30.3 Å². The van der Waals surface area contributed by atoms with Crippen LogP contribution in [0.15, 0.2) is 48.5 Å². The molecule has 1 saturated carbocycles. The van der Waals surface area contributed by atoms with Crippen molar-refractivity contribution < 1.29 is 23.8 Å². The number of anilines is 1. The molecule has 3 rings (SSSR count). The second-order valence-electron chi connectivity index (χ2n) is 7.01. The smallest absolute Gasteiger partial charge is 0.342 e. The summed E-state index contributed by atoms with van der Waals surface area (Å²) < 4.78 is 15.9. The molecule has 0 aliphatic heterocycles. The highest BCUT2D eigenvalue weighted by Gasteiger charge is 2.28. The average Bonchev–Trinajstić information content (AvgIpc) is 2.78. The number of hydrogen-bond acceptors (Lipinski definition) is 5. The van der Waals surface area contributed by atoms with Crippen LogP contribution in [0.3, 0.4) is 0 Å². The molecular weight excluding hydrogens is 370 g/mol. The number of hydrogen-bond donors (Lipinski definition) is 0. The second kappa shape index (κ2) is 9.96. The molecule has 0 aromatic heterocycles. The fraction of sp³-hybridized carbons (Fsp3) is 0.391. The Morgan fingerprint density at radius 2 is 1.66 bits per heavy atom. The van der Waals surface area contributed by atoms with Crippen molar-refractivity contribution in [2.24, 2.45) is 0 Å². The Labute approximate surface area is 171 Å². The average molecular weight is 397 g/mol. The van der Waals surface area contributed by atoms with Gasteiger partial charge in [0.2, 0.25) is 0 Å². The third-order valence-electron chi connectivity index (χ3n) is 5.19. The van der Waals surface area contributed by atoms with Crippen molar-refractivity contribution in [2.45, 2.75) is 38.1 Å². The van der Waals surface area contributed by atoms with E-state index in [0.717, 1.165) is 31.4 Å². The quantitative estimate of drug-likeness (QED) is 0.654. The van der Waals surface area contributed by atoms with Gasteiger partial charge < -0.3 is 19.1 Å². The summed E-state index contributed by atoms with van der Waals surface area (Å²) in [5.74, 6) is -0.120. The van der Waals surface area contributed by atoms with Gasteiger partial charge >= 0.3 is 5.97 Å². The summed E-state index contributed by atoms with van der Waals surface area (Å²) in [5, 5.41) is 0. The summed E-state index contributed by atoms with van der Waals surface area (Å²) in [7, 11) is 2.96. The Morgan fingerprint density at radius 1 is 0.931 bits per heavy atom. The number of para-hydroxylation sites is 2. The van der Waals surface area contributed by atoms with Crippen LogP contribution in [0.1, 0.15) is 42.5 Å². The minimum Gasteiger partial charge on any atom is -0.493 e. The first kappa shape index (κ1) is 20.7. The van der Waals surface area contributed by atoms with Crippen LogP contribution in [-0.4, -0.2) is 38.7 Å². The van der Waals surface area contributed by atoms with Crippen LogP contribution in [0.2, 0.25) is 0 Å². The van der Waals surface area contributed by atoms with Crippen molar-refractivity contribution in [3.63, 3.8) is 0 Å². The van der Waals surface area contributed by atoms with Gasteiger partial charge in [-0.1, -0.05) is 43.5 Å². The lowest BCUT2D eigenvalue weighted by Crippen LogP contribution is -2.43. The number of benzene rings is 2. The van der Waals surface area contributed by atoms with E-state index in [1.165, 1.54) is 20.6 Å². The molecule has 0 bridgehead atoms. The van der Waals surface area contributed by atoms with Gasteiger partial charge in [0, 0.05) is 11.7 Å². The molecule has 1 amide bonds. The molecule has 1 aliphatic rings. The lowest BCUT2D eigenvalue weighted by Gasteiger charge is -2.34. The highest BCUT2D eigenvalue weighted by atomic mass is 16.5. The van der Waals surface area contributed by atoms with Gasteiger partial charge in [-0.2, -0.15) is 0 Å². The molecule has 0 unspecified atom stereocenters. The molecule has 0 N–H and O–H groups in total. The molecule has 154 valence electrons. The van der Waals surface area contributed by atoms with Gasteiger partial charge in [0.05, 0.1) is 14.2 Å².